The maximum atomic E-state index is 2.45. The molecule has 0 radical (unpaired) electrons. The van der Waals surface area contributed by atoms with Gasteiger partial charge in [-0.15, -0.1) is 0 Å². The smallest absolute Gasteiger partial charge is 0.0329 e. The molecule has 0 aromatic rings. The van der Waals surface area contributed by atoms with Gasteiger partial charge in [0.2, 0.25) is 0 Å². The summed E-state index contributed by atoms with van der Waals surface area (Å²) >= 11 is 0. The maximum absolute atomic E-state index is 2.45. The van der Waals surface area contributed by atoms with Crippen LogP contribution in [-0.4, -0.2) is 0 Å². The summed E-state index contributed by atoms with van der Waals surface area (Å²) in [6.45, 7) is 33.7. The Morgan fingerprint density at radius 3 is 1.29 bits per heavy atom. The molecule has 0 heteroatoms. The third-order valence-corrected chi connectivity index (χ3v) is 9.29. The molecule has 0 heterocycles. The van der Waals surface area contributed by atoms with Gasteiger partial charge in [0.05, 0.1) is 0 Å². The van der Waals surface area contributed by atoms with E-state index in [1.807, 2.05) is 0 Å². The second-order valence-electron chi connectivity index (χ2n) is 13.1. The van der Waals surface area contributed by atoms with E-state index in [4.69, 9.17) is 0 Å². The lowest BCUT2D eigenvalue weighted by molar-refractivity contribution is 0.00465. The highest BCUT2D eigenvalue weighted by atomic mass is 14.5. The van der Waals surface area contributed by atoms with E-state index in [2.05, 4.69) is 96.9 Å². The summed E-state index contributed by atoms with van der Waals surface area (Å²) in [4.78, 5) is 0. The molecule has 31 heavy (non-hydrogen) atoms. The molecule has 0 saturated heterocycles. The highest BCUT2D eigenvalue weighted by molar-refractivity contribution is 4.91. The zero-order valence-electron chi connectivity index (χ0n) is 24.5. The second kappa shape index (κ2) is 15.0. The predicted octanol–water partition coefficient (Wildman–Crippen LogP) is 10.6. The molecule has 1 saturated carbocycles. The molecule has 0 N–H and O–H groups in total. The molecule has 1 rings (SSSR count). The summed E-state index contributed by atoms with van der Waals surface area (Å²) in [6, 6.07) is 0. The quantitative estimate of drug-likeness (QED) is 0.319. The van der Waals surface area contributed by atoms with Crippen molar-refractivity contribution in [2.45, 2.75) is 129 Å². The average Bonchev–Trinajstić information content (AvgIpc) is 2.70. The fraction of sp³-hybridized carbons (Fsp3) is 1.00. The van der Waals surface area contributed by atoms with Crippen molar-refractivity contribution in [2.24, 2.45) is 71.0 Å². The monoisotopic (exact) mass is 437 g/mol. The zero-order valence-corrected chi connectivity index (χ0v) is 24.5. The molecular formula is C31H64. The van der Waals surface area contributed by atoms with Crippen LogP contribution in [0.5, 0.6) is 0 Å². The normalized spacial score (nSPS) is 27.6. The van der Waals surface area contributed by atoms with Gasteiger partial charge < -0.3 is 0 Å². The van der Waals surface area contributed by atoms with E-state index in [1.165, 1.54) is 32.1 Å². The maximum Gasteiger partial charge on any atom is -0.0329 e. The van der Waals surface area contributed by atoms with Crippen LogP contribution in [0.2, 0.25) is 0 Å². The molecule has 0 amide bonds. The Kier molecular flexibility index (Phi) is 15.0. The average molecular weight is 437 g/mol. The molecule has 0 aromatic carbocycles. The van der Waals surface area contributed by atoms with Gasteiger partial charge in [-0.05, 0) is 90.3 Å². The first-order valence-electron chi connectivity index (χ1n) is 14.3. The Labute approximate surface area is 200 Å². The van der Waals surface area contributed by atoms with Crippen LogP contribution < -0.4 is 0 Å². The van der Waals surface area contributed by atoms with Crippen LogP contribution in [0.1, 0.15) is 129 Å². The molecule has 0 spiro atoms. The molecule has 1 aliphatic rings. The number of hydrogen-bond donors (Lipinski definition) is 0. The lowest BCUT2D eigenvalue weighted by Gasteiger charge is -2.48. The van der Waals surface area contributed by atoms with Crippen LogP contribution in [0, 0.1) is 71.0 Å². The SMILES string of the molecule is CC(C)C1CC(C(C)C)C(C(C)C)C(C(C)C)C1.CCC(C)CC(CC)C(C)C(C)C. The molecule has 0 aliphatic heterocycles. The fourth-order valence-corrected chi connectivity index (χ4v) is 6.37. The van der Waals surface area contributed by atoms with Crippen LogP contribution in [0.15, 0.2) is 0 Å². The van der Waals surface area contributed by atoms with E-state index in [0.717, 1.165) is 71.0 Å². The molecule has 5 atom stereocenters. The number of hydrogen-bond acceptors (Lipinski definition) is 0. The predicted molar refractivity (Wildman–Crippen MR) is 144 cm³/mol. The van der Waals surface area contributed by atoms with Crippen molar-refractivity contribution in [3.63, 3.8) is 0 Å². The van der Waals surface area contributed by atoms with Crippen LogP contribution in [0.25, 0.3) is 0 Å². The van der Waals surface area contributed by atoms with Crippen molar-refractivity contribution >= 4 is 0 Å². The Morgan fingerprint density at radius 2 is 1.03 bits per heavy atom. The molecular weight excluding hydrogens is 372 g/mol. The van der Waals surface area contributed by atoms with Gasteiger partial charge in [-0.25, -0.2) is 0 Å². The van der Waals surface area contributed by atoms with Gasteiger partial charge in [0, 0.05) is 0 Å². The van der Waals surface area contributed by atoms with Gasteiger partial charge in [0.25, 0.3) is 0 Å². The standard InChI is InChI=1S/C18H36.C13H28/c1-11(2)15-9-16(12(3)4)18(14(7)8)17(10-15)13(5)6;1-7-11(5)9-13(8-2)12(6)10(3)4/h11-18H,9-10H2,1-8H3;10-13H,7-9H2,1-6H3. The first kappa shape index (κ1) is 31.0. The molecule has 0 bridgehead atoms. The van der Waals surface area contributed by atoms with Crippen molar-refractivity contribution in [3.05, 3.63) is 0 Å². The van der Waals surface area contributed by atoms with Gasteiger partial charge in [0.15, 0.2) is 0 Å². The minimum absolute atomic E-state index is 0.842. The van der Waals surface area contributed by atoms with Gasteiger partial charge in [-0.3, -0.25) is 0 Å². The molecule has 0 nitrogen and oxygen atoms in total. The molecule has 1 aliphatic carbocycles. The summed E-state index contributed by atoms with van der Waals surface area (Å²) in [6.07, 6.45) is 7.06. The molecule has 5 unspecified atom stereocenters. The lowest BCUT2D eigenvalue weighted by Crippen LogP contribution is -2.41. The molecule has 188 valence electrons. The summed E-state index contributed by atoms with van der Waals surface area (Å²) in [5.41, 5.74) is 0. The summed E-state index contributed by atoms with van der Waals surface area (Å²) in [7, 11) is 0. The summed E-state index contributed by atoms with van der Waals surface area (Å²) in [5.74, 6) is 10.8. The zero-order chi connectivity index (χ0) is 24.5. The van der Waals surface area contributed by atoms with E-state index < -0.39 is 0 Å². The van der Waals surface area contributed by atoms with Gasteiger partial charge in [-0.2, -0.15) is 0 Å². The van der Waals surface area contributed by atoms with Gasteiger partial charge in [0.1, 0.15) is 0 Å². The fourth-order valence-electron chi connectivity index (χ4n) is 6.37. The minimum atomic E-state index is 0.842. The van der Waals surface area contributed by atoms with Crippen molar-refractivity contribution in [3.8, 4) is 0 Å². The van der Waals surface area contributed by atoms with E-state index in [-0.39, 0.29) is 0 Å². The Balaban J connectivity index is 0.000000615. The van der Waals surface area contributed by atoms with Gasteiger partial charge in [-0.1, -0.05) is 110 Å². The van der Waals surface area contributed by atoms with Crippen molar-refractivity contribution in [1.82, 2.24) is 0 Å². The van der Waals surface area contributed by atoms with E-state index >= 15 is 0 Å². The van der Waals surface area contributed by atoms with E-state index in [9.17, 15) is 0 Å². The van der Waals surface area contributed by atoms with Crippen LogP contribution in [-0.2, 0) is 0 Å². The molecule has 1 fully saturated rings. The van der Waals surface area contributed by atoms with Crippen molar-refractivity contribution < 1.29 is 0 Å². The van der Waals surface area contributed by atoms with Crippen LogP contribution in [0.3, 0.4) is 0 Å². The molecule has 0 aromatic heterocycles. The third kappa shape index (κ3) is 10.2. The Bertz CT molecular complexity index is 411. The second-order valence-corrected chi connectivity index (χ2v) is 13.1. The van der Waals surface area contributed by atoms with E-state index in [0.29, 0.717) is 0 Å². The highest BCUT2D eigenvalue weighted by Crippen LogP contribution is 2.49. The topological polar surface area (TPSA) is 0 Å². The first-order valence-corrected chi connectivity index (χ1v) is 14.3. The summed E-state index contributed by atoms with van der Waals surface area (Å²) < 4.78 is 0. The van der Waals surface area contributed by atoms with Crippen molar-refractivity contribution in [1.29, 1.82) is 0 Å². The first-order chi connectivity index (χ1) is 14.3. The highest BCUT2D eigenvalue weighted by Gasteiger charge is 2.42. The van der Waals surface area contributed by atoms with Crippen molar-refractivity contribution in [2.75, 3.05) is 0 Å². The Morgan fingerprint density at radius 1 is 0.581 bits per heavy atom. The van der Waals surface area contributed by atoms with E-state index in [1.54, 1.807) is 0 Å². The number of rotatable bonds is 10. The van der Waals surface area contributed by atoms with Crippen LogP contribution in [0.4, 0.5) is 0 Å². The van der Waals surface area contributed by atoms with Crippen LogP contribution >= 0.6 is 0 Å². The Hall–Kier alpha value is 0. The summed E-state index contributed by atoms with van der Waals surface area (Å²) in [5, 5.41) is 0. The third-order valence-electron chi connectivity index (χ3n) is 9.29. The van der Waals surface area contributed by atoms with Gasteiger partial charge >= 0.3 is 0 Å². The minimum Gasteiger partial charge on any atom is -0.0651 e. The largest absolute Gasteiger partial charge is 0.0651 e. The lowest BCUT2D eigenvalue weighted by atomic mass is 9.57.